The summed E-state index contributed by atoms with van der Waals surface area (Å²) in [7, 11) is 0. The van der Waals surface area contributed by atoms with Crippen molar-refractivity contribution in [2.24, 2.45) is 0 Å². The van der Waals surface area contributed by atoms with Crippen LogP contribution in [0.1, 0.15) is 25.0 Å². The zero-order valence-corrected chi connectivity index (χ0v) is 14.5. The van der Waals surface area contributed by atoms with Crippen LogP contribution in [-0.4, -0.2) is 23.8 Å². The molecule has 2 aromatic carbocycles. The second kappa shape index (κ2) is 6.52. The SMILES string of the molecule is C[C@H](Cl)CN(C[C@H](C)Cl)c1ccc2c(c1)Cc1ccccc1-2. The Morgan fingerprint density at radius 2 is 1.55 bits per heavy atom. The lowest BCUT2D eigenvalue weighted by Crippen LogP contribution is -2.33. The van der Waals surface area contributed by atoms with Crippen LogP contribution >= 0.6 is 23.2 Å². The van der Waals surface area contributed by atoms with Crippen molar-refractivity contribution < 1.29 is 0 Å². The third-order valence-electron chi connectivity index (χ3n) is 4.09. The van der Waals surface area contributed by atoms with E-state index in [1.807, 2.05) is 13.8 Å². The van der Waals surface area contributed by atoms with E-state index in [2.05, 4.69) is 47.4 Å². The van der Waals surface area contributed by atoms with Gasteiger partial charge in [0.05, 0.1) is 0 Å². The predicted octanol–water partition coefficient (Wildman–Crippen LogP) is 5.32. The molecule has 0 radical (unpaired) electrons. The highest BCUT2D eigenvalue weighted by atomic mass is 35.5. The van der Waals surface area contributed by atoms with Crippen LogP contribution in [0, 0.1) is 0 Å². The maximum absolute atomic E-state index is 6.21. The first-order chi connectivity index (χ1) is 10.5. The number of anilines is 1. The standard InChI is InChI=1S/C19H21Cl2N/c1-13(20)11-22(12-14(2)21)17-7-8-19-16(10-17)9-15-5-3-4-6-18(15)19/h3-8,10,13-14H,9,11-12H2,1-2H3/t13-,14-/m0/s1. The molecule has 2 aromatic rings. The Labute approximate surface area is 142 Å². The second-order valence-corrected chi connectivity index (χ2v) is 7.63. The van der Waals surface area contributed by atoms with Gasteiger partial charge in [-0.15, -0.1) is 23.2 Å². The molecule has 1 nitrogen and oxygen atoms in total. The lowest BCUT2D eigenvalue weighted by Gasteiger charge is -2.27. The van der Waals surface area contributed by atoms with E-state index in [1.165, 1.54) is 27.9 Å². The fourth-order valence-electron chi connectivity index (χ4n) is 3.22. The van der Waals surface area contributed by atoms with E-state index in [1.54, 1.807) is 0 Å². The Hall–Kier alpha value is -1.18. The molecule has 0 saturated heterocycles. The molecule has 0 spiro atoms. The fourth-order valence-corrected chi connectivity index (χ4v) is 3.55. The van der Waals surface area contributed by atoms with Crippen molar-refractivity contribution in [3.63, 3.8) is 0 Å². The molecule has 3 rings (SSSR count). The Balaban J connectivity index is 1.91. The molecule has 116 valence electrons. The maximum Gasteiger partial charge on any atom is 0.0483 e. The van der Waals surface area contributed by atoms with E-state index in [9.17, 15) is 0 Å². The molecule has 0 amide bonds. The lowest BCUT2D eigenvalue weighted by molar-refractivity contribution is 0.753. The zero-order valence-electron chi connectivity index (χ0n) is 13.0. The summed E-state index contributed by atoms with van der Waals surface area (Å²) in [6.45, 7) is 5.67. The smallest absolute Gasteiger partial charge is 0.0483 e. The van der Waals surface area contributed by atoms with Crippen LogP contribution in [0.2, 0.25) is 0 Å². The Morgan fingerprint density at radius 3 is 2.23 bits per heavy atom. The van der Waals surface area contributed by atoms with Crippen molar-refractivity contribution in [3.8, 4) is 11.1 Å². The predicted molar refractivity (Wildman–Crippen MR) is 97.5 cm³/mol. The van der Waals surface area contributed by atoms with Crippen LogP contribution in [0.25, 0.3) is 11.1 Å². The Kier molecular flexibility index (Phi) is 4.65. The van der Waals surface area contributed by atoms with Gasteiger partial charge < -0.3 is 4.90 Å². The average molecular weight is 334 g/mol. The molecule has 0 N–H and O–H groups in total. The highest BCUT2D eigenvalue weighted by Gasteiger charge is 2.20. The van der Waals surface area contributed by atoms with Crippen LogP contribution < -0.4 is 4.90 Å². The molecule has 0 bridgehead atoms. The number of nitrogens with zero attached hydrogens (tertiary/aromatic N) is 1. The molecule has 0 heterocycles. The largest absolute Gasteiger partial charge is 0.369 e. The van der Waals surface area contributed by atoms with Gasteiger partial charge in [0, 0.05) is 29.5 Å². The van der Waals surface area contributed by atoms with E-state index in [0.29, 0.717) is 0 Å². The van der Waals surface area contributed by atoms with Crippen LogP contribution in [-0.2, 0) is 6.42 Å². The van der Waals surface area contributed by atoms with Crippen molar-refractivity contribution in [1.82, 2.24) is 0 Å². The van der Waals surface area contributed by atoms with Crippen molar-refractivity contribution in [3.05, 3.63) is 53.6 Å². The van der Waals surface area contributed by atoms with Crippen LogP contribution in [0.4, 0.5) is 5.69 Å². The Bertz CT molecular complexity index is 654. The van der Waals surface area contributed by atoms with E-state index < -0.39 is 0 Å². The highest BCUT2D eigenvalue weighted by Crippen LogP contribution is 2.38. The molecule has 22 heavy (non-hydrogen) atoms. The molecule has 2 atom stereocenters. The first-order valence-corrected chi connectivity index (χ1v) is 8.66. The van der Waals surface area contributed by atoms with Gasteiger partial charge in [-0.25, -0.2) is 0 Å². The van der Waals surface area contributed by atoms with Gasteiger partial charge in [-0.2, -0.15) is 0 Å². The minimum absolute atomic E-state index is 0.0980. The lowest BCUT2D eigenvalue weighted by atomic mass is 10.1. The third kappa shape index (κ3) is 3.26. The van der Waals surface area contributed by atoms with E-state index in [-0.39, 0.29) is 10.8 Å². The molecule has 0 aromatic heterocycles. The summed E-state index contributed by atoms with van der Waals surface area (Å²) >= 11 is 12.4. The second-order valence-electron chi connectivity index (χ2n) is 6.14. The number of hydrogen-bond donors (Lipinski definition) is 0. The first-order valence-electron chi connectivity index (χ1n) is 7.79. The molecule has 0 unspecified atom stereocenters. The minimum atomic E-state index is 0.0980. The summed E-state index contributed by atoms with van der Waals surface area (Å²) in [5, 5.41) is 0.196. The van der Waals surface area contributed by atoms with Gasteiger partial charge in [0.1, 0.15) is 0 Å². The molecule has 3 heteroatoms. The monoisotopic (exact) mass is 333 g/mol. The van der Waals surface area contributed by atoms with E-state index in [0.717, 1.165) is 19.5 Å². The van der Waals surface area contributed by atoms with Crippen molar-refractivity contribution in [2.45, 2.75) is 31.0 Å². The Morgan fingerprint density at radius 1 is 0.909 bits per heavy atom. The number of hydrogen-bond acceptors (Lipinski definition) is 1. The van der Waals surface area contributed by atoms with E-state index >= 15 is 0 Å². The maximum atomic E-state index is 6.21. The molecular formula is C19H21Cl2N. The molecule has 1 aliphatic carbocycles. The summed E-state index contributed by atoms with van der Waals surface area (Å²) in [5.41, 5.74) is 6.75. The summed E-state index contributed by atoms with van der Waals surface area (Å²) < 4.78 is 0. The van der Waals surface area contributed by atoms with Gasteiger partial charge in [0.25, 0.3) is 0 Å². The van der Waals surface area contributed by atoms with Crippen LogP contribution in [0.3, 0.4) is 0 Å². The van der Waals surface area contributed by atoms with Gasteiger partial charge in [-0.1, -0.05) is 30.3 Å². The third-order valence-corrected chi connectivity index (χ3v) is 4.36. The van der Waals surface area contributed by atoms with Crippen LogP contribution in [0.5, 0.6) is 0 Å². The number of rotatable bonds is 5. The number of fused-ring (bicyclic) bond motifs is 3. The van der Waals surface area contributed by atoms with Crippen molar-refractivity contribution in [2.75, 3.05) is 18.0 Å². The van der Waals surface area contributed by atoms with Gasteiger partial charge in [0.15, 0.2) is 0 Å². The molecular weight excluding hydrogens is 313 g/mol. The van der Waals surface area contributed by atoms with Gasteiger partial charge in [0.2, 0.25) is 0 Å². The number of halogens is 2. The summed E-state index contributed by atoms with van der Waals surface area (Å²) in [4.78, 5) is 2.29. The summed E-state index contributed by atoms with van der Waals surface area (Å²) in [6.07, 6.45) is 1.01. The quantitative estimate of drug-likeness (QED) is 0.571. The summed E-state index contributed by atoms with van der Waals surface area (Å²) in [5.74, 6) is 0. The normalized spacial score (nSPS) is 15.1. The molecule has 0 aliphatic heterocycles. The van der Waals surface area contributed by atoms with Gasteiger partial charge in [-0.05, 0) is 54.7 Å². The highest BCUT2D eigenvalue weighted by molar-refractivity contribution is 6.21. The number of alkyl halides is 2. The van der Waals surface area contributed by atoms with Crippen molar-refractivity contribution in [1.29, 1.82) is 0 Å². The van der Waals surface area contributed by atoms with Gasteiger partial charge >= 0.3 is 0 Å². The van der Waals surface area contributed by atoms with Crippen molar-refractivity contribution >= 4 is 28.9 Å². The average Bonchev–Trinajstić information content (AvgIpc) is 2.83. The van der Waals surface area contributed by atoms with E-state index in [4.69, 9.17) is 23.2 Å². The fraction of sp³-hybridized carbons (Fsp3) is 0.368. The zero-order chi connectivity index (χ0) is 15.7. The first kappa shape index (κ1) is 15.7. The number of benzene rings is 2. The molecule has 0 saturated carbocycles. The molecule has 1 aliphatic rings. The van der Waals surface area contributed by atoms with Crippen LogP contribution in [0.15, 0.2) is 42.5 Å². The topological polar surface area (TPSA) is 3.24 Å². The molecule has 0 fully saturated rings. The minimum Gasteiger partial charge on any atom is -0.369 e. The summed E-state index contributed by atoms with van der Waals surface area (Å²) in [6, 6.07) is 15.4. The van der Waals surface area contributed by atoms with Gasteiger partial charge in [-0.3, -0.25) is 0 Å².